The molecule has 0 aliphatic carbocycles. The minimum atomic E-state index is -0.253. The summed E-state index contributed by atoms with van der Waals surface area (Å²) in [6.07, 6.45) is 0. The Balaban J connectivity index is 1.83. The van der Waals surface area contributed by atoms with Gasteiger partial charge in [-0.15, -0.1) is 0 Å². The molecule has 0 aliphatic rings. The number of carbonyl (C=O) groups excluding carboxylic acids is 1. The predicted octanol–water partition coefficient (Wildman–Crippen LogP) is 3.95. The van der Waals surface area contributed by atoms with E-state index in [0.29, 0.717) is 25.4 Å². The Morgan fingerprint density at radius 2 is 1.87 bits per heavy atom. The van der Waals surface area contributed by atoms with E-state index in [4.69, 9.17) is 9.47 Å². The van der Waals surface area contributed by atoms with Gasteiger partial charge in [-0.25, -0.2) is 4.79 Å². The summed E-state index contributed by atoms with van der Waals surface area (Å²) in [7, 11) is 0. The largest absolute Gasteiger partial charge is 0.457 e. The van der Waals surface area contributed by atoms with E-state index in [1.807, 2.05) is 50.2 Å². The van der Waals surface area contributed by atoms with Crippen LogP contribution < -0.4 is 15.4 Å². The molecule has 2 N–H and O–H groups in total. The fourth-order valence-corrected chi connectivity index (χ4v) is 1.98. The third kappa shape index (κ3) is 6.00. The van der Waals surface area contributed by atoms with Crippen molar-refractivity contribution >= 4 is 11.7 Å². The second-order valence-electron chi connectivity index (χ2n) is 5.02. The minimum absolute atomic E-state index is 0.253. The first-order valence-corrected chi connectivity index (χ1v) is 7.64. The molecule has 0 aromatic heterocycles. The number of amides is 2. The molecule has 2 rings (SSSR count). The van der Waals surface area contributed by atoms with Gasteiger partial charge in [0.2, 0.25) is 0 Å². The molecule has 2 aromatic rings. The van der Waals surface area contributed by atoms with Crippen molar-refractivity contribution in [3.8, 4) is 11.5 Å². The zero-order valence-electron chi connectivity index (χ0n) is 13.5. The highest BCUT2D eigenvalue weighted by Crippen LogP contribution is 2.23. The number of urea groups is 1. The standard InChI is InChI=1S/C18H22N2O3/c1-3-22-12-11-19-18(21)20-15-7-9-16(10-8-15)23-17-6-4-5-14(2)13-17/h4-10,13H,3,11-12H2,1-2H3,(H2,19,20,21). The van der Waals surface area contributed by atoms with Gasteiger partial charge in [0.15, 0.2) is 0 Å². The highest BCUT2D eigenvalue weighted by molar-refractivity contribution is 5.89. The summed E-state index contributed by atoms with van der Waals surface area (Å²) >= 11 is 0. The Kier molecular flexibility index (Phi) is 6.44. The van der Waals surface area contributed by atoms with Crippen LogP contribution in [-0.2, 0) is 4.74 Å². The van der Waals surface area contributed by atoms with Crippen LogP contribution in [0.5, 0.6) is 11.5 Å². The van der Waals surface area contributed by atoms with Crippen molar-refractivity contribution < 1.29 is 14.3 Å². The van der Waals surface area contributed by atoms with Gasteiger partial charge in [-0.05, 0) is 55.8 Å². The third-order valence-corrected chi connectivity index (χ3v) is 3.07. The maximum Gasteiger partial charge on any atom is 0.319 e. The predicted molar refractivity (Wildman–Crippen MR) is 91.2 cm³/mol. The Hall–Kier alpha value is -2.53. The molecule has 0 spiro atoms. The molecular formula is C18H22N2O3. The average molecular weight is 314 g/mol. The molecule has 0 atom stereocenters. The average Bonchev–Trinajstić information content (AvgIpc) is 2.54. The molecule has 0 bridgehead atoms. The van der Waals surface area contributed by atoms with Crippen LogP contribution in [0.2, 0.25) is 0 Å². The lowest BCUT2D eigenvalue weighted by Gasteiger charge is -2.09. The van der Waals surface area contributed by atoms with Gasteiger partial charge in [-0.3, -0.25) is 0 Å². The lowest BCUT2D eigenvalue weighted by Crippen LogP contribution is -2.31. The Bertz CT molecular complexity index is 626. The van der Waals surface area contributed by atoms with Crippen LogP contribution in [0.15, 0.2) is 48.5 Å². The summed E-state index contributed by atoms with van der Waals surface area (Å²) in [5.74, 6) is 1.51. The summed E-state index contributed by atoms with van der Waals surface area (Å²) in [6.45, 7) is 5.57. The molecular weight excluding hydrogens is 292 g/mol. The van der Waals surface area contributed by atoms with Crippen LogP contribution in [-0.4, -0.2) is 25.8 Å². The van der Waals surface area contributed by atoms with Gasteiger partial charge < -0.3 is 20.1 Å². The number of hydrogen-bond donors (Lipinski definition) is 2. The van der Waals surface area contributed by atoms with E-state index in [-0.39, 0.29) is 6.03 Å². The second kappa shape index (κ2) is 8.80. The molecule has 5 heteroatoms. The van der Waals surface area contributed by atoms with Crippen molar-refractivity contribution in [1.82, 2.24) is 5.32 Å². The number of ether oxygens (including phenoxy) is 2. The highest BCUT2D eigenvalue weighted by atomic mass is 16.5. The summed E-state index contributed by atoms with van der Waals surface area (Å²) in [6, 6.07) is 14.8. The number of aryl methyl sites for hydroxylation is 1. The van der Waals surface area contributed by atoms with Crippen LogP contribution >= 0.6 is 0 Å². The fourth-order valence-electron chi connectivity index (χ4n) is 1.98. The summed E-state index contributed by atoms with van der Waals surface area (Å²) in [4.78, 5) is 11.7. The van der Waals surface area contributed by atoms with Crippen molar-refractivity contribution in [3.05, 3.63) is 54.1 Å². The first kappa shape index (κ1) is 16.8. The normalized spacial score (nSPS) is 10.2. The number of carbonyl (C=O) groups is 1. The summed E-state index contributed by atoms with van der Waals surface area (Å²) in [5, 5.41) is 5.48. The highest BCUT2D eigenvalue weighted by Gasteiger charge is 2.02. The van der Waals surface area contributed by atoms with Gasteiger partial charge in [-0.1, -0.05) is 12.1 Å². The quantitative estimate of drug-likeness (QED) is 0.761. The molecule has 2 amide bonds. The Labute approximate surface area is 136 Å². The second-order valence-corrected chi connectivity index (χ2v) is 5.02. The lowest BCUT2D eigenvalue weighted by molar-refractivity contribution is 0.150. The van der Waals surface area contributed by atoms with E-state index in [0.717, 1.165) is 17.1 Å². The molecule has 0 heterocycles. The fraction of sp³-hybridized carbons (Fsp3) is 0.278. The first-order chi connectivity index (χ1) is 11.2. The van der Waals surface area contributed by atoms with Crippen LogP contribution in [0.1, 0.15) is 12.5 Å². The number of rotatable bonds is 7. The minimum Gasteiger partial charge on any atom is -0.457 e. The number of benzene rings is 2. The maximum atomic E-state index is 11.7. The molecule has 0 unspecified atom stereocenters. The molecule has 23 heavy (non-hydrogen) atoms. The van der Waals surface area contributed by atoms with Crippen LogP contribution in [0.3, 0.4) is 0 Å². The van der Waals surface area contributed by atoms with Crippen LogP contribution in [0, 0.1) is 6.92 Å². The van der Waals surface area contributed by atoms with Gasteiger partial charge in [0.25, 0.3) is 0 Å². The Morgan fingerprint density at radius 3 is 2.57 bits per heavy atom. The molecule has 5 nitrogen and oxygen atoms in total. The van der Waals surface area contributed by atoms with Crippen molar-refractivity contribution in [3.63, 3.8) is 0 Å². The van der Waals surface area contributed by atoms with Crippen molar-refractivity contribution in [2.24, 2.45) is 0 Å². The number of nitrogens with one attached hydrogen (secondary N) is 2. The molecule has 0 saturated heterocycles. The molecule has 0 radical (unpaired) electrons. The summed E-state index contributed by atoms with van der Waals surface area (Å²) < 4.78 is 10.9. The summed E-state index contributed by atoms with van der Waals surface area (Å²) in [5.41, 5.74) is 1.85. The zero-order valence-corrected chi connectivity index (χ0v) is 13.5. The molecule has 0 saturated carbocycles. The van der Waals surface area contributed by atoms with E-state index >= 15 is 0 Å². The lowest BCUT2D eigenvalue weighted by atomic mass is 10.2. The van der Waals surface area contributed by atoms with Crippen LogP contribution in [0.4, 0.5) is 10.5 Å². The smallest absolute Gasteiger partial charge is 0.319 e. The van der Waals surface area contributed by atoms with Gasteiger partial charge in [0, 0.05) is 18.8 Å². The van der Waals surface area contributed by atoms with Crippen molar-refractivity contribution in [1.29, 1.82) is 0 Å². The van der Waals surface area contributed by atoms with E-state index in [1.54, 1.807) is 12.1 Å². The molecule has 0 aliphatic heterocycles. The van der Waals surface area contributed by atoms with Gasteiger partial charge in [0.1, 0.15) is 11.5 Å². The maximum absolute atomic E-state index is 11.7. The SMILES string of the molecule is CCOCCNC(=O)Nc1ccc(Oc2cccc(C)c2)cc1. The third-order valence-electron chi connectivity index (χ3n) is 3.07. The van der Waals surface area contributed by atoms with E-state index in [9.17, 15) is 4.79 Å². The monoisotopic (exact) mass is 314 g/mol. The number of hydrogen-bond acceptors (Lipinski definition) is 3. The number of anilines is 1. The van der Waals surface area contributed by atoms with Crippen molar-refractivity contribution in [2.75, 3.05) is 25.1 Å². The van der Waals surface area contributed by atoms with Gasteiger partial charge >= 0.3 is 6.03 Å². The molecule has 2 aromatic carbocycles. The molecule has 0 fully saturated rings. The zero-order chi connectivity index (χ0) is 16.5. The van der Waals surface area contributed by atoms with Gasteiger partial charge in [0.05, 0.1) is 6.61 Å². The van der Waals surface area contributed by atoms with Gasteiger partial charge in [-0.2, -0.15) is 0 Å². The topological polar surface area (TPSA) is 59.6 Å². The van der Waals surface area contributed by atoms with Crippen molar-refractivity contribution in [2.45, 2.75) is 13.8 Å². The van der Waals surface area contributed by atoms with E-state index in [2.05, 4.69) is 10.6 Å². The Morgan fingerprint density at radius 1 is 1.09 bits per heavy atom. The molecule has 122 valence electrons. The van der Waals surface area contributed by atoms with E-state index < -0.39 is 0 Å². The first-order valence-electron chi connectivity index (χ1n) is 7.64. The van der Waals surface area contributed by atoms with Crippen LogP contribution in [0.25, 0.3) is 0 Å². The van der Waals surface area contributed by atoms with E-state index in [1.165, 1.54) is 0 Å².